The van der Waals surface area contributed by atoms with Crippen LogP contribution in [0.1, 0.15) is 42.0 Å². The summed E-state index contributed by atoms with van der Waals surface area (Å²) in [4.78, 5) is 30.8. The van der Waals surface area contributed by atoms with E-state index >= 15 is 0 Å². The molecule has 0 aliphatic carbocycles. The molecule has 2 aromatic rings. The molecule has 0 N–H and O–H groups in total. The molecule has 0 radical (unpaired) electrons. The van der Waals surface area contributed by atoms with Crippen LogP contribution in [0.4, 0.5) is 4.39 Å². The maximum absolute atomic E-state index is 13.2. The Labute approximate surface area is 164 Å². The zero-order valence-electron chi connectivity index (χ0n) is 16.2. The third-order valence-electron chi connectivity index (χ3n) is 4.26. The van der Waals surface area contributed by atoms with E-state index in [0.717, 1.165) is 16.9 Å². The van der Waals surface area contributed by atoms with Crippen molar-refractivity contribution in [2.45, 2.75) is 46.7 Å². The highest BCUT2D eigenvalue weighted by Crippen LogP contribution is 2.19. The number of nitrogens with zero attached hydrogens (tertiary/aromatic N) is 2. The zero-order chi connectivity index (χ0) is 19.8. The number of rotatable bonds is 9. The smallest absolute Gasteiger partial charge is 0.242 e. The van der Waals surface area contributed by atoms with Gasteiger partial charge in [0, 0.05) is 29.3 Å². The number of halogens is 1. The van der Waals surface area contributed by atoms with Crippen molar-refractivity contribution in [1.82, 2.24) is 9.80 Å². The van der Waals surface area contributed by atoms with Crippen LogP contribution in [0.5, 0.6) is 0 Å². The summed E-state index contributed by atoms with van der Waals surface area (Å²) >= 11 is 1.65. The van der Waals surface area contributed by atoms with Gasteiger partial charge in [-0.3, -0.25) is 9.59 Å². The fraction of sp³-hybridized carbons (Fsp3) is 0.429. The molecule has 2 amide bonds. The molecule has 2 rings (SSSR count). The number of benzene rings is 1. The van der Waals surface area contributed by atoms with Gasteiger partial charge in [0.2, 0.25) is 11.8 Å². The minimum atomic E-state index is -0.298. The molecule has 0 atom stereocenters. The number of amides is 2. The Hall–Kier alpha value is -2.21. The van der Waals surface area contributed by atoms with Crippen LogP contribution in [0.15, 0.2) is 36.4 Å². The highest BCUT2D eigenvalue weighted by molar-refractivity contribution is 7.11. The summed E-state index contributed by atoms with van der Waals surface area (Å²) in [5.41, 5.74) is 0.863. The predicted molar refractivity (Wildman–Crippen MR) is 107 cm³/mol. The van der Waals surface area contributed by atoms with Gasteiger partial charge < -0.3 is 9.80 Å². The molecule has 0 aliphatic heterocycles. The van der Waals surface area contributed by atoms with Crippen molar-refractivity contribution in [2.75, 3.05) is 13.1 Å². The van der Waals surface area contributed by atoms with Gasteiger partial charge >= 0.3 is 0 Å². The number of thiophene rings is 1. The third-order valence-corrected chi connectivity index (χ3v) is 5.24. The van der Waals surface area contributed by atoms with Crippen molar-refractivity contribution in [3.8, 4) is 0 Å². The molecule has 0 aliphatic rings. The van der Waals surface area contributed by atoms with Crippen molar-refractivity contribution < 1.29 is 14.0 Å². The molecule has 1 aromatic heterocycles. The molecule has 0 saturated heterocycles. The Kier molecular flexibility index (Phi) is 7.98. The minimum Gasteiger partial charge on any atom is -0.333 e. The summed E-state index contributed by atoms with van der Waals surface area (Å²) in [6.45, 7) is 7.34. The first-order chi connectivity index (χ1) is 12.9. The van der Waals surface area contributed by atoms with E-state index in [2.05, 4.69) is 0 Å². The second-order valence-electron chi connectivity index (χ2n) is 6.56. The Balaban J connectivity index is 2.17. The molecule has 4 nitrogen and oxygen atoms in total. The number of hydrogen-bond acceptors (Lipinski definition) is 3. The van der Waals surface area contributed by atoms with E-state index in [0.29, 0.717) is 26.1 Å². The Morgan fingerprint density at radius 1 is 0.963 bits per heavy atom. The fourth-order valence-corrected chi connectivity index (χ4v) is 3.76. The lowest BCUT2D eigenvalue weighted by molar-refractivity contribution is -0.141. The van der Waals surface area contributed by atoms with E-state index in [-0.39, 0.29) is 24.2 Å². The summed E-state index contributed by atoms with van der Waals surface area (Å²) in [6, 6.07) is 10.2. The van der Waals surface area contributed by atoms with Gasteiger partial charge in [-0.1, -0.05) is 26.0 Å². The van der Waals surface area contributed by atoms with Crippen LogP contribution < -0.4 is 0 Å². The second-order valence-corrected chi connectivity index (χ2v) is 7.93. The topological polar surface area (TPSA) is 40.6 Å². The first-order valence-electron chi connectivity index (χ1n) is 9.28. The highest BCUT2D eigenvalue weighted by atomic mass is 32.1. The largest absolute Gasteiger partial charge is 0.333 e. The molecule has 0 saturated carbocycles. The van der Waals surface area contributed by atoms with Gasteiger partial charge in [0.1, 0.15) is 5.82 Å². The molecular formula is C21H27FN2O2S. The fourth-order valence-electron chi connectivity index (χ4n) is 2.85. The van der Waals surface area contributed by atoms with Gasteiger partial charge in [0.15, 0.2) is 0 Å². The van der Waals surface area contributed by atoms with Crippen LogP contribution in [-0.2, 0) is 22.7 Å². The molecule has 0 fully saturated rings. The Bertz CT molecular complexity index is 758. The summed E-state index contributed by atoms with van der Waals surface area (Å²) in [7, 11) is 0. The standard InChI is InChI=1S/C21H27FN2O2S/c1-4-12-23(20(25)5-2)15-21(26)24(14-19-11-6-16(3)27-19)13-17-7-9-18(22)10-8-17/h6-11H,4-5,12-15H2,1-3H3. The van der Waals surface area contributed by atoms with E-state index in [9.17, 15) is 14.0 Å². The van der Waals surface area contributed by atoms with E-state index in [1.165, 1.54) is 17.0 Å². The molecule has 27 heavy (non-hydrogen) atoms. The monoisotopic (exact) mass is 390 g/mol. The van der Waals surface area contributed by atoms with Crippen LogP contribution in [0.2, 0.25) is 0 Å². The van der Waals surface area contributed by atoms with Gasteiger partial charge in [0.25, 0.3) is 0 Å². The third kappa shape index (κ3) is 6.47. The van der Waals surface area contributed by atoms with E-state index in [1.54, 1.807) is 40.2 Å². The van der Waals surface area contributed by atoms with Gasteiger partial charge in [-0.25, -0.2) is 4.39 Å². The van der Waals surface area contributed by atoms with Crippen LogP contribution in [0.25, 0.3) is 0 Å². The number of aryl methyl sites for hydroxylation is 1. The van der Waals surface area contributed by atoms with Crippen LogP contribution in [0, 0.1) is 12.7 Å². The Morgan fingerprint density at radius 3 is 2.22 bits per heavy atom. The summed E-state index contributed by atoms with van der Waals surface area (Å²) in [5.74, 6) is -0.410. The minimum absolute atomic E-state index is 0.0149. The molecule has 0 bridgehead atoms. The zero-order valence-corrected chi connectivity index (χ0v) is 17.0. The summed E-state index contributed by atoms with van der Waals surface area (Å²) in [5, 5.41) is 0. The maximum Gasteiger partial charge on any atom is 0.242 e. The highest BCUT2D eigenvalue weighted by Gasteiger charge is 2.21. The lowest BCUT2D eigenvalue weighted by Crippen LogP contribution is -2.42. The molecular weight excluding hydrogens is 363 g/mol. The average molecular weight is 391 g/mol. The van der Waals surface area contributed by atoms with Crippen LogP contribution in [0.3, 0.4) is 0 Å². The molecule has 1 heterocycles. The SMILES string of the molecule is CCCN(CC(=O)N(Cc1ccc(F)cc1)Cc1ccc(C)s1)C(=O)CC. The summed E-state index contributed by atoms with van der Waals surface area (Å²) in [6.07, 6.45) is 1.19. The van der Waals surface area contributed by atoms with Crippen molar-refractivity contribution in [3.05, 3.63) is 57.5 Å². The Morgan fingerprint density at radius 2 is 1.67 bits per heavy atom. The van der Waals surface area contributed by atoms with Crippen molar-refractivity contribution in [2.24, 2.45) is 0 Å². The number of hydrogen-bond donors (Lipinski definition) is 0. The van der Waals surface area contributed by atoms with Gasteiger partial charge in [-0.15, -0.1) is 11.3 Å². The van der Waals surface area contributed by atoms with E-state index < -0.39 is 0 Å². The first-order valence-corrected chi connectivity index (χ1v) is 10.1. The first kappa shape index (κ1) is 21.1. The lowest BCUT2D eigenvalue weighted by Gasteiger charge is -2.27. The average Bonchev–Trinajstić information content (AvgIpc) is 3.06. The lowest BCUT2D eigenvalue weighted by atomic mass is 10.2. The maximum atomic E-state index is 13.2. The quantitative estimate of drug-likeness (QED) is 0.638. The van der Waals surface area contributed by atoms with E-state index in [1.807, 2.05) is 26.0 Å². The van der Waals surface area contributed by atoms with E-state index in [4.69, 9.17) is 0 Å². The van der Waals surface area contributed by atoms with Gasteiger partial charge in [-0.2, -0.15) is 0 Å². The number of carbonyl (C=O) groups is 2. The normalized spacial score (nSPS) is 10.7. The molecule has 6 heteroatoms. The molecule has 1 aromatic carbocycles. The molecule has 0 unspecified atom stereocenters. The number of carbonyl (C=O) groups excluding carboxylic acids is 2. The molecule has 146 valence electrons. The second kappa shape index (κ2) is 10.2. The van der Waals surface area contributed by atoms with Gasteiger partial charge in [-0.05, 0) is 43.2 Å². The van der Waals surface area contributed by atoms with Crippen LogP contribution >= 0.6 is 11.3 Å². The van der Waals surface area contributed by atoms with Crippen molar-refractivity contribution in [3.63, 3.8) is 0 Å². The molecule has 0 spiro atoms. The van der Waals surface area contributed by atoms with Crippen molar-refractivity contribution >= 4 is 23.2 Å². The van der Waals surface area contributed by atoms with Crippen molar-refractivity contribution in [1.29, 1.82) is 0 Å². The van der Waals surface area contributed by atoms with Crippen LogP contribution in [-0.4, -0.2) is 34.7 Å². The predicted octanol–water partition coefficient (Wildman–Crippen LogP) is 4.37. The van der Waals surface area contributed by atoms with Gasteiger partial charge in [0.05, 0.1) is 13.1 Å². The summed E-state index contributed by atoms with van der Waals surface area (Å²) < 4.78 is 13.2.